The third-order valence-electron chi connectivity index (χ3n) is 6.44. The van der Waals surface area contributed by atoms with Crippen molar-refractivity contribution in [3.05, 3.63) is 81.1 Å². The number of Topliss-reactive ketones (excluding diaryl/α,β-unsaturated/α-hetero) is 1. The molecule has 2 aromatic heterocycles. The van der Waals surface area contributed by atoms with Crippen molar-refractivity contribution in [2.75, 3.05) is 7.11 Å². The Morgan fingerprint density at radius 1 is 1.05 bits per heavy atom. The Balaban J connectivity index is 1.72. The van der Waals surface area contributed by atoms with Gasteiger partial charge < -0.3 is 18.7 Å². The second kappa shape index (κ2) is 13.1. The second-order valence-corrected chi connectivity index (χ2v) is 10.0. The molecule has 1 atom stereocenters. The average molecular weight is 521 g/mol. The maximum atomic E-state index is 13.0. The van der Waals surface area contributed by atoms with E-state index in [1.165, 1.54) is 18.7 Å². The van der Waals surface area contributed by atoms with Crippen LogP contribution in [0.5, 0.6) is 5.75 Å². The van der Waals surface area contributed by atoms with Crippen molar-refractivity contribution in [1.82, 2.24) is 0 Å². The van der Waals surface area contributed by atoms with E-state index < -0.39 is 22.7 Å². The summed E-state index contributed by atoms with van der Waals surface area (Å²) in [4.78, 5) is 36.9. The number of esters is 1. The Kier molecular flexibility index (Phi) is 9.88. The van der Waals surface area contributed by atoms with Crippen LogP contribution >= 0.6 is 0 Å². The van der Waals surface area contributed by atoms with E-state index in [4.69, 9.17) is 8.83 Å². The zero-order chi connectivity index (χ0) is 27.8. The van der Waals surface area contributed by atoms with Crippen molar-refractivity contribution in [1.29, 1.82) is 0 Å². The van der Waals surface area contributed by atoms with Gasteiger partial charge in [-0.2, -0.15) is 0 Å². The number of hydrogen-bond donors (Lipinski definition) is 1. The van der Waals surface area contributed by atoms with Crippen LogP contribution in [0.25, 0.3) is 17.0 Å². The molecule has 1 aromatic carbocycles. The SMILES string of the molecule is COC(=O)CC=CCCC(C)c1cc(O)c(C(=O)C(C)=Cc2cc3ccc(CCC(C)C)cc3o2)c(=O)o1. The largest absolute Gasteiger partial charge is 0.507 e. The van der Waals surface area contributed by atoms with Crippen LogP contribution in [0.3, 0.4) is 0 Å². The number of benzene rings is 1. The molecule has 2 heterocycles. The van der Waals surface area contributed by atoms with Gasteiger partial charge in [-0.15, -0.1) is 0 Å². The van der Waals surface area contributed by atoms with Gasteiger partial charge in [0.05, 0.1) is 13.5 Å². The van der Waals surface area contributed by atoms with Crippen LogP contribution in [0.1, 0.15) is 86.7 Å². The Hall–Kier alpha value is -3.87. The van der Waals surface area contributed by atoms with Crippen LogP contribution in [0.4, 0.5) is 0 Å². The van der Waals surface area contributed by atoms with Gasteiger partial charge in [-0.3, -0.25) is 9.59 Å². The van der Waals surface area contributed by atoms with E-state index >= 15 is 0 Å². The first-order valence-corrected chi connectivity index (χ1v) is 12.9. The minimum Gasteiger partial charge on any atom is -0.507 e. The van der Waals surface area contributed by atoms with Gasteiger partial charge in [-0.05, 0) is 62.3 Å². The number of fused-ring (bicyclic) bond motifs is 1. The number of aromatic hydroxyl groups is 1. The van der Waals surface area contributed by atoms with Gasteiger partial charge in [0.1, 0.15) is 28.4 Å². The van der Waals surface area contributed by atoms with E-state index in [2.05, 4.69) is 24.7 Å². The van der Waals surface area contributed by atoms with Crippen molar-refractivity contribution in [2.45, 2.75) is 65.7 Å². The lowest BCUT2D eigenvalue weighted by Crippen LogP contribution is -2.16. The first-order valence-electron chi connectivity index (χ1n) is 12.9. The van der Waals surface area contributed by atoms with E-state index in [1.807, 2.05) is 31.2 Å². The summed E-state index contributed by atoms with van der Waals surface area (Å²) in [5.41, 5.74) is 0.879. The minimum atomic E-state index is -0.884. The summed E-state index contributed by atoms with van der Waals surface area (Å²) >= 11 is 0. The smallest absolute Gasteiger partial charge is 0.351 e. The topological polar surface area (TPSA) is 107 Å². The van der Waals surface area contributed by atoms with Crippen LogP contribution in [0.15, 0.2) is 61.7 Å². The molecule has 3 rings (SSSR count). The number of carbonyl (C=O) groups is 2. The summed E-state index contributed by atoms with van der Waals surface area (Å²) in [6, 6.07) is 9.26. The molecular formula is C31H36O7. The maximum Gasteiger partial charge on any atom is 0.351 e. The number of ether oxygens (including phenoxy) is 1. The predicted octanol–water partition coefficient (Wildman–Crippen LogP) is 6.97. The third kappa shape index (κ3) is 7.57. The van der Waals surface area contributed by atoms with Gasteiger partial charge >= 0.3 is 11.6 Å². The Labute approximate surface area is 222 Å². The standard InChI is InChI=1S/C31H36O7/c1-19(2)11-12-22-13-14-23-17-24(37-27(23)16-22)15-21(4)30(34)29-25(32)18-26(38-31(29)35)20(3)9-7-6-8-10-28(33)36-5/h6,8,13-20,32H,7,9-12H2,1-5H3. The molecule has 0 amide bonds. The van der Waals surface area contributed by atoms with Crippen LogP contribution < -0.4 is 5.63 Å². The quantitative estimate of drug-likeness (QED) is 0.119. The molecule has 38 heavy (non-hydrogen) atoms. The third-order valence-corrected chi connectivity index (χ3v) is 6.44. The monoisotopic (exact) mass is 520 g/mol. The highest BCUT2D eigenvalue weighted by Crippen LogP contribution is 2.27. The summed E-state index contributed by atoms with van der Waals surface area (Å²) in [6.45, 7) is 7.81. The zero-order valence-electron chi connectivity index (χ0n) is 22.7. The fourth-order valence-corrected chi connectivity index (χ4v) is 4.07. The number of allylic oxidation sites excluding steroid dienone is 2. The van der Waals surface area contributed by atoms with Crippen LogP contribution in [0, 0.1) is 5.92 Å². The molecular weight excluding hydrogens is 484 g/mol. The van der Waals surface area contributed by atoms with E-state index in [1.54, 1.807) is 19.1 Å². The minimum absolute atomic E-state index is 0.182. The number of aryl methyl sites for hydroxylation is 1. The molecule has 1 unspecified atom stereocenters. The zero-order valence-corrected chi connectivity index (χ0v) is 22.7. The fourth-order valence-electron chi connectivity index (χ4n) is 4.07. The first-order chi connectivity index (χ1) is 18.1. The highest BCUT2D eigenvalue weighted by atomic mass is 16.5. The van der Waals surface area contributed by atoms with Crippen molar-refractivity contribution < 1.29 is 28.3 Å². The molecule has 7 nitrogen and oxygen atoms in total. The Bertz CT molecular complexity index is 1400. The van der Waals surface area contributed by atoms with Crippen molar-refractivity contribution >= 4 is 28.8 Å². The molecule has 0 spiro atoms. The molecule has 0 radical (unpaired) electrons. The molecule has 7 heteroatoms. The average Bonchev–Trinajstić information content (AvgIpc) is 3.27. The molecule has 0 aliphatic heterocycles. The van der Waals surface area contributed by atoms with E-state index in [9.17, 15) is 19.5 Å². The molecule has 0 aliphatic rings. The first kappa shape index (κ1) is 28.7. The number of carbonyl (C=O) groups excluding carboxylic acids is 2. The highest BCUT2D eigenvalue weighted by Gasteiger charge is 2.22. The number of methoxy groups -OCH3 is 1. The Morgan fingerprint density at radius 3 is 2.50 bits per heavy atom. The summed E-state index contributed by atoms with van der Waals surface area (Å²) in [7, 11) is 1.33. The van der Waals surface area contributed by atoms with Gasteiger partial charge in [-0.1, -0.05) is 45.1 Å². The normalized spacial score (nSPS) is 12.9. The van der Waals surface area contributed by atoms with E-state index in [0.717, 1.165) is 23.8 Å². The van der Waals surface area contributed by atoms with Crippen LogP contribution in [-0.4, -0.2) is 24.0 Å². The molecule has 0 aliphatic carbocycles. The number of rotatable bonds is 12. The molecule has 0 bridgehead atoms. The second-order valence-electron chi connectivity index (χ2n) is 10.0. The molecule has 0 fully saturated rings. The van der Waals surface area contributed by atoms with Crippen molar-refractivity contribution in [3.8, 4) is 5.75 Å². The van der Waals surface area contributed by atoms with Gasteiger partial charge in [0.15, 0.2) is 5.78 Å². The highest BCUT2D eigenvalue weighted by molar-refractivity contribution is 6.12. The predicted molar refractivity (Wildman–Crippen MR) is 147 cm³/mol. The molecule has 0 saturated heterocycles. The molecule has 202 valence electrons. The summed E-state index contributed by atoms with van der Waals surface area (Å²) in [6.07, 6.45) is 8.64. The summed E-state index contributed by atoms with van der Waals surface area (Å²) in [5, 5.41) is 11.5. The van der Waals surface area contributed by atoms with Gasteiger partial charge in [-0.25, -0.2) is 4.79 Å². The van der Waals surface area contributed by atoms with Gasteiger partial charge in [0.25, 0.3) is 0 Å². The van der Waals surface area contributed by atoms with Gasteiger partial charge in [0.2, 0.25) is 0 Å². The number of furan rings is 1. The number of ketones is 1. The maximum absolute atomic E-state index is 13.0. The Morgan fingerprint density at radius 2 is 1.82 bits per heavy atom. The molecule has 1 N–H and O–H groups in total. The lowest BCUT2D eigenvalue weighted by atomic mass is 9.99. The molecule has 0 saturated carbocycles. The van der Waals surface area contributed by atoms with E-state index in [0.29, 0.717) is 24.5 Å². The summed E-state index contributed by atoms with van der Waals surface area (Å²) < 4.78 is 15.9. The van der Waals surface area contributed by atoms with Crippen LogP contribution in [-0.2, 0) is 16.0 Å². The summed E-state index contributed by atoms with van der Waals surface area (Å²) in [5.74, 6) is -0.152. The van der Waals surface area contributed by atoms with E-state index in [-0.39, 0.29) is 29.6 Å². The lowest BCUT2D eigenvalue weighted by Gasteiger charge is -2.11. The van der Waals surface area contributed by atoms with Crippen molar-refractivity contribution in [3.63, 3.8) is 0 Å². The molecule has 3 aromatic rings. The lowest BCUT2D eigenvalue weighted by molar-refractivity contribution is -0.139. The van der Waals surface area contributed by atoms with Crippen LogP contribution in [0.2, 0.25) is 0 Å². The van der Waals surface area contributed by atoms with Crippen molar-refractivity contribution in [2.24, 2.45) is 5.92 Å². The fraction of sp³-hybridized carbons (Fsp3) is 0.387. The van der Waals surface area contributed by atoms with Gasteiger partial charge in [0, 0.05) is 22.9 Å². The number of hydrogen-bond acceptors (Lipinski definition) is 7.